The van der Waals surface area contributed by atoms with Gasteiger partial charge in [-0.3, -0.25) is 0 Å². The number of benzene rings is 1. The lowest BCUT2D eigenvalue weighted by molar-refractivity contribution is -0.0628. The molecule has 1 spiro atoms. The summed E-state index contributed by atoms with van der Waals surface area (Å²) in [6.07, 6.45) is 3.37. The summed E-state index contributed by atoms with van der Waals surface area (Å²) < 4.78 is 9.32. The lowest BCUT2D eigenvalue weighted by Crippen LogP contribution is -2.44. The van der Waals surface area contributed by atoms with E-state index in [4.69, 9.17) is 4.74 Å². The number of hydrogen-bond acceptors (Lipinski definition) is 3. The van der Waals surface area contributed by atoms with Gasteiger partial charge >= 0.3 is 0 Å². The van der Waals surface area contributed by atoms with Crippen LogP contribution in [0.4, 0.5) is 5.69 Å². The molecule has 6 heteroatoms. The van der Waals surface area contributed by atoms with Gasteiger partial charge in [0.2, 0.25) is 0 Å². The average molecular weight is 486 g/mol. The van der Waals surface area contributed by atoms with E-state index < -0.39 is 0 Å². The van der Waals surface area contributed by atoms with Crippen LogP contribution < -0.4 is 5.32 Å². The van der Waals surface area contributed by atoms with Gasteiger partial charge in [0.25, 0.3) is 0 Å². The summed E-state index contributed by atoms with van der Waals surface area (Å²) in [4.78, 5) is 0. The Hall–Kier alpha value is 0.770. The first kappa shape index (κ1) is 15.7. The minimum atomic E-state index is 0.120. The Labute approximate surface area is 149 Å². The van der Waals surface area contributed by atoms with Gasteiger partial charge in [-0.15, -0.1) is 0 Å². The van der Waals surface area contributed by atoms with E-state index in [9.17, 15) is 0 Å². The van der Waals surface area contributed by atoms with Crippen molar-refractivity contribution >= 4 is 65.2 Å². The molecule has 110 valence electrons. The van der Waals surface area contributed by atoms with Crippen molar-refractivity contribution in [3.05, 3.63) is 25.6 Å². The fourth-order valence-electron chi connectivity index (χ4n) is 2.90. The molecule has 1 aromatic rings. The van der Waals surface area contributed by atoms with Crippen molar-refractivity contribution in [2.24, 2.45) is 0 Å². The Morgan fingerprint density at radius 2 is 2.00 bits per heavy atom. The van der Waals surface area contributed by atoms with E-state index in [1.54, 1.807) is 0 Å². The van der Waals surface area contributed by atoms with E-state index in [-0.39, 0.29) is 5.60 Å². The first-order valence-corrected chi connectivity index (χ1v) is 10.2. The Morgan fingerprint density at radius 1 is 1.25 bits per heavy atom. The summed E-state index contributed by atoms with van der Waals surface area (Å²) in [5.41, 5.74) is 1.26. The zero-order chi connectivity index (χ0) is 14.2. The van der Waals surface area contributed by atoms with Gasteiger partial charge in [-0.2, -0.15) is 11.8 Å². The number of rotatable bonds is 2. The third-order valence-electron chi connectivity index (χ3n) is 3.92. The zero-order valence-electron chi connectivity index (χ0n) is 10.9. The van der Waals surface area contributed by atoms with Gasteiger partial charge < -0.3 is 10.1 Å². The van der Waals surface area contributed by atoms with Crippen LogP contribution in [-0.4, -0.2) is 29.8 Å². The number of thioether (sulfide) groups is 1. The Bertz CT molecular complexity index is 482. The van der Waals surface area contributed by atoms with Crippen molar-refractivity contribution < 1.29 is 4.74 Å². The topological polar surface area (TPSA) is 21.3 Å². The maximum atomic E-state index is 6.08. The van der Waals surface area contributed by atoms with Crippen LogP contribution in [0.3, 0.4) is 0 Å². The molecular formula is C14H16Br3NOS. The summed E-state index contributed by atoms with van der Waals surface area (Å²) in [7, 11) is 0. The maximum Gasteiger partial charge on any atom is 0.0799 e. The van der Waals surface area contributed by atoms with Gasteiger partial charge in [0.05, 0.1) is 11.3 Å². The van der Waals surface area contributed by atoms with Gasteiger partial charge in [-0.25, -0.2) is 0 Å². The molecule has 1 aromatic carbocycles. The highest BCUT2D eigenvalue weighted by atomic mass is 79.9. The van der Waals surface area contributed by atoms with Crippen LogP contribution in [0.1, 0.15) is 19.3 Å². The van der Waals surface area contributed by atoms with Gasteiger partial charge in [0, 0.05) is 31.8 Å². The largest absolute Gasteiger partial charge is 0.380 e. The number of ether oxygens (including phenoxy) is 1. The van der Waals surface area contributed by atoms with Crippen LogP contribution in [0.2, 0.25) is 0 Å². The zero-order valence-corrected chi connectivity index (χ0v) is 16.5. The molecule has 0 aliphatic carbocycles. The number of nitrogens with one attached hydrogen (secondary N) is 1. The monoisotopic (exact) mass is 483 g/mol. The molecule has 0 saturated carbocycles. The van der Waals surface area contributed by atoms with Crippen molar-refractivity contribution in [2.75, 3.05) is 23.4 Å². The van der Waals surface area contributed by atoms with Gasteiger partial charge in [-0.05, 0) is 69.0 Å². The summed E-state index contributed by atoms with van der Waals surface area (Å²) in [6.45, 7) is 0.865. The maximum absolute atomic E-state index is 6.08. The molecule has 2 aliphatic heterocycles. The van der Waals surface area contributed by atoms with E-state index in [2.05, 4.69) is 65.2 Å². The van der Waals surface area contributed by atoms with Crippen LogP contribution in [0.25, 0.3) is 0 Å². The third kappa shape index (κ3) is 3.40. The quantitative estimate of drug-likeness (QED) is 0.602. The van der Waals surface area contributed by atoms with Crippen molar-refractivity contribution in [3.8, 4) is 0 Å². The number of halogens is 3. The molecule has 0 aromatic heterocycles. The molecule has 20 heavy (non-hydrogen) atoms. The molecule has 2 unspecified atom stereocenters. The molecule has 3 rings (SSSR count). The van der Waals surface area contributed by atoms with E-state index in [0.29, 0.717) is 6.04 Å². The second kappa shape index (κ2) is 6.49. The van der Waals surface area contributed by atoms with Crippen LogP contribution in [0.15, 0.2) is 25.6 Å². The van der Waals surface area contributed by atoms with Crippen LogP contribution in [0.5, 0.6) is 0 Å². The first-order chi connectivity index (χ1) is 9.58. The van der Waals surface area contributed by atoms with E-state index in [0.717, 1.165) is 44.3 Å². The van der Waals surface area contributed by atoms with Crippen molar-refractivity contribution in [2.45, 2.75) is 30.9 Å². The van der Waals surface area contributed by atoms with Crippen molar-refractivity contribution in [3.63, 3.8) is 0 Å². The predicted molar refractivity (Wildman–Crippen MR) is 96.8 cm³/mol. The van der Waals surface area contributed by atoms with Gasteiger partial charge in [0.1, 0.15) is 0 Å². The standard InChI is InChI=1S/C14H16Br3NOS/c15-9-5-11(16)13(12(17)6-9)18-10-1-3-19-14(7-10)2-4-20-8-14/h5-6,10,18H,1-4,7-8H2. The molecule has 2 nitrogen and oxygen atoms in total. The molecule has 2 aliphatic rings. The average Bonchev–Trinajstić information content (AvgIpc) is 2.82. The minimum Gasteiger partial charge on any atom is -0.380 e. The molecule has 2 atom stereocenters. The van der Waals surface area contributed by atoms with Gasteiger partial charge in [-0.1, -0.05) is 15.9 Å². The van der Waals surface area contributed by atoms with E-state index in [1.807, 2.05) is 11.8 Å². The molecule has 0 radical (unpaired) electrons. The van der Waals surface area contributed by atoms with Crippen molar-refractivity contribution in [1.29, 1.82) is 0 Å². The molecule has 2 saturated heterocycles. The van der Waals surface area contributed by atoms with E-state index >= 15 is 0 Å². The molecule has 2 heterocycles. The summed E-state index contributed by atoms with van der Waals surface area (Å²) in [6, 6.07) is 4.64. The smallest absolute Gasteiger partial charge is 0.0799 e. The second-order valence-corrected chi connectivity index (χ2v) is 9.14. The summed E-state index contributed by atoms with van der Waals surface area (Å²) in [5.74, 6) is 2.38. The fourth-order valence-corrected chi connectivity index (χ4v) is 6.76. The Morgan fingerprint density at radius 3 is 2.65 bits per heavy atom. The lowest BCUT2D eigenvalue weighted by Gasteiger charge is -2.38. The highest BCUT2D eigenvalue weighted by Gasteiger charge is 2.40. The highest BCUT2D eigenvalue weighted by molar-refractivity contribution is 9.11. The molecule has 0 bridgehead atoms. The van der Waals surface area contributed by atoms with Crippen LogP contribution >= 0.6 is 59.6 Å². The summed E-state index contributed by atoms with van der Waals surface area (Å²) >= 11 is 12.8. The minimum absolute atomic E-state index is 0.120. The summed E-state index contributed by atoms with van der Waals surface area (Å²) in [5, 5.41) is 3.69. The second-order valence-electron chi connectivity index (χ2n) is 5.41. The molecule has 2 fully saturated rings. The van der Waals surface area contributed by atoms with Gasteiger partial charge in [0.15, 0.2) is 0 Å². The third-order valence-corrected chi connectivity index (χ3v) is 6.85. The van der Waals surface area contributed by atoms with Crippen LogP contribution in [0, 0.1) is 0 Å². The first-order valence-electron chi connectivity index (χ1n) is 6.71. The predicted octanol–water partition coefficient (Wildman–Crippen LogP) is 5.44. The van der Waals surface area contributed by atoms with Crippen molar-refractivity contribution in [1.82, 2.24) is 0 Å². The lowest BCUT2D eigenvalue weighted by atomic mass is 9.90. The fraction of sp³-hybridized carbons (Fsp3) is 0.571. The normalized spacial score (nSPS) is 29.9. The molecule has 0 amide bonds. The number of anilines is 1. The molecule has 1 N–H and O–H groups in total. The Balaban J connectivity index is 1.74. The van der Waals surface area contributed by atoms with Crippen LogP contribution in [-0.2, 0) is 4.74 Å². The highest BCUT2D eigenvalue weighted by Crippen LogP contribution is 2.41. The van der Waals surface area contributed by atoms with E-state index in [1.165, 1.54) is 12.2 Å². The molecular weight excluding hydrogens is 470 g/mol. The number of hydrogen-bond donors (Lipinski definition) is 1. The SMILES string of the molecule is Brc1cc(Br)c(NC2CCOC3(CCSC3)C2)c(Br)c1. The Kier molecular flexibility index (Phi) is 5.08.